The summed E-state index contributed by atoms with van der Waals surface area (Å²) in [5.41, 5.74) is 1.95. The summed E-state index contributed by atoms with van der Waals surface area (Å²) < 4.78 is 5.59. The maximum absolute atomic E-state index is 12.7. The van der Waals surface area contributed by atoms with Crippen molar-refractivity contribution in [3.05, 3.63) is 60.2 Å². The highest BCUT2D eigenvalue weighted by atomic mass is 16.5. The van der Waals surface area contributed by atoms with Crippen LogP contribution in [0.15, 0.2) is 54.6 Å². The van der Waals surface area contributed by atoms with Gasteiger partial charge < -0.3 is 14.5 Å². The summed E-state index contributed by atoms with van der Waals surface area (Å²) in [5, 5.41) is 0. The third-order valence-corrected chi connectivity index (χ3v) is 5.62. The van der Waals surface area contributed by atoms with E-state index in [9.17, 15) is 9.59 Å². The van der Waals surface area contributed by atoms with Gasteiger partial charge in [-0.15, -0.1) is 0 Å². The van der Waals surface area contributed by atoms with Gasteiger partial charge in [0.1, 0.15) is 5.75 Å². The number of ether oxygens (including phenoxy) is 1. The van der Waals surface area contributed by atoms with Crippen molar-refractivity contribution in [3.8, 4) is 5.75 Å². The third kappa shape index (κ3) is 3.54. The van der Waals surface area contributed by atoms with Gasteiger partial charge in [0.2, 0.25) is 5.91 Å². The van der Waals surface area contributed by atoms with Crippen LogP contribution in [0.3, 0.4) is 0 Å². The van der Waals surface area contributed by atoms with Crippen molar-refractivity contribution in [2.24, 2.45) is 5.41 Å². The molecule has 1 atom stereocenters. The first-order valence-corrected chi connectivity index (χ1v) is 9.38. The van der Waals surface area contributed by atoms with Gasteiger partial charge >= 0.3 is 0 Å². The van der Waals surface area contributed by atoms with Crippen LogP contribution in [0.2, 0.25) is 0 Å². The first kappa shape index (κ1) is 17.6. The number of aryl methyl sites for hydroxylation is 1. The number of hydrogen-bond acceptors (Lipinski definition) is 3. The summed E-state index contributed by atoms with van der Waals surface area (Å²) in [7, 11) is 0. The zero-order valence-corrected chi connectivity index (χ0v) is 15.6. The Morgan fingerprint density at radius 3 is 2.59 bits per heavy atom. The number of hydrogen-bond donors (Lipinski definition) is 0. The van der Waals surface area contributed by atoms with Crippen LogP contribution in [-0.4, -0.2) is 43.0 Å². The Labute approximate surface area is 159 Å². The van der Waals surface area contributed by atoms with E-state index >= 15 is 0 Å². The Morgan fingerprint density at radius 2 is 1.81 bits per heavy atom. The molecule has 2 aliphatic rings. The maximum atomic E-state index is 12.7. The predicted octanol–water partition coefficient (Wildman–Crippen LogP) is 3.03. The highest BCUT2D eigenvalue weighted by Gasteiger charge is 2.48. The predicted molar refractivity (Wildman–Crippen MR) is 104 cm³/mol. The van der Waals surface area contributed by atoms with E-state index in [2.05, 4.69) is 0 Å². The van der Waals surface area contributed by atoms with E-state index in [4.69, 9.17) is 4.74 Å². The largest absolute Gasteiger partial charge is 0.484 e. The smallest absolute Gasteiger partial charge is 0.260 e. The number of nitrogens with zero attached hydrogens (tertiary/aromatic N) is 2. The van der Waals surface area contributed by atoms with Crippen LogP contribution in [0.4, 0.5) is 5.69 Å². The van der Waals surface area contributed by atoms with Crippen LogP contribution >= 0.6 is 0 Å². The summed E-state index contributed by atoms with van der Waals surface area (Å²) in [4.78, 5) is 29.0. The second-order valence-electron chi connectivity index (χ2n) is 7.61. The number of anilines is 1. The lowest BCUT2D eigenvalue weighted by molar-refractivity contribution is -0.132. The average molecular weight is 364 g/mol. The van der Waals surface area contributed by atoms with Gasteiger partial charge in [0.15, 0.2) is 6.61 Å². The van der Waals surface area contributed by atoms with Crippen LogP contribution in [-0.2, 0) is 9.59 Å². The van der Waals surface area contributed by atoms with E-state index in [0.29, 0.717) is 31.8 Å². The van der Waals surface area contributed by atoms with E-state index in [1.807, 2.05) is 71.3 Å². The molecule has 4 rings (SSSR count). The monoisotopic (exact) mass is 364 g/mol. The van der Waals surface area contributed by atoms with Gasteiger partial charge in [-0.1, -0.05) is 36.4 Å². The van der Waals surface area contributed by atoms with Gasteiger partial charge in [-0.25, -0.2) is 0 Å². The van der Waals surface area contributed by atoms with Gasteiger partial charge in [0.05, 0.1) is 0 Å². The zero-order valence-electron chi connectivity index (χ0n) is 15.6. The van der Waals surface area contributed by atoms with Crippen molar-refractivity contribution >= 4 is 17.5 Å². The van der Waals surface area contributed by atoms with E-state index in [0.717, 1.165) is 17.7 Å². The number of rotatable bonds is 4. The molecule has 2 fully saturated rings. The lowest BCUT2D eigenvalue weighted by Crippen LogP contribution is -2.36. The Hall–Kier alpha value is -2.82. The number of carbonyl (C=O) groups is 2. The summed E-state index contributed by atoms with van der Waals surface area (Å²) in [6.45, 7) is 4.05. The molecule has 1 unspecified atom stereocenters. The molecule has 2 heterocycles. The zero-order chi connectivity index (χ0) is 18.9. The molecular weight excluding hydrogens is 340 g/mol. The molecule has 140 valence electrons. The molecule has 2 amide bonds. The Bertz CT molecular complexity index is 852. The molecule has 0 aliphatic carbocycles. The maximum Gasteiger partial charge on any atom is 0.260 e. The van der Waals surface area contributed by atoms with Gasteiger partial charge in [-0.2, -0.15) is 0 Å². The minimum atomic E-state index is -0.137. The molecule has 27 heavy (non-hydrogen) atoms. The highest BCUT2D eigenvalue weighted by molar-refractivity contribution is 5.97. The average Bonchev–Trinajstić information content (AvgIpc) is 3.24. The van der Waals surface area contributed by atoms with Crippen molar-refractivity contribution in [1.29, 1.82) is 0 Å². The summed E-state index contributed by atoms with van der Waals surface area (Å²) >= 11 is 0. The van der Waals surface area contributed by atoms with Crippen molar-refractivity contribution in [2.45, 2.75) is 19.8 Å². The standard InChI is InChI=1S/C22H24N2O3/c1-17-7-5-6-10-19(17)24-16-22(13-20(24)25)11-12-23(15-22)21(26)14-27-18-8-3-2-4-9-18/h2-10H,11-16H2,1H3. The van der Waals surface area contributed by atoms with Crippen LogP contribution in [0.1, 0.15) is 18.4 Å². The van der Waals surface area contributed by atoms with Crippen LogP contribution in [0.5, 0.6) is 5.75 Å². The fourth-order valence-corrected chi connectivity index (χ4v) is 4.16. The van der Waals surface area contributed by atoms with Crippen LogP contribution in [0, 0.1) is 12.3 Å². The van der Waals surface area contributed by atoms with Crippen molar-refractivity contribution < 1.29 is 14.3 Å². The van der Waals surface area contributed by atoms with Crippen LogP contribution < -0.4 is 9.64 Å². The number of carbonyl (C=O) groups excluding carboxylic acids is 2. The molecule has 5 nitrogen and oxygen atoms in total. The highest BCUT2D eigenvalue weighted by Crippen LogP contribution is 2.42. The Kier molecular flexibility index (Phi) is 4.60. The van der Waals surface area contributed by atoms with Gasteiger partial charge in [0, 0.05) is 37.2 Å². The Morgan fingerprint density at radius 1 is 1.07 bits per heavy atom. The minimum absolute atomic E-state index is 0.0162. The normalized spacial score (nSPS) is 21.9. The molecule has 0 N–H and O–H groups in total. The van der Waals surface area contributed by atoms with Crippen molar-refractivity contribution in [2.75, 3.05) is 31.1 Å². The molecule has 0 radical (unpaired) electrons. The summed E-state index contributed by atoms with van der Waals surface area (Å²) in [5.74, 6) is 0.832. The molecule has 2 aromatic rings. The molecule has 0 bridgehead atoms. The Balaban J connectivity index is 1.39. The molecule has 0 saturated carbocycles. The summed E-state index contributed by atoms with van der Waals surface area (Å²) in [6, 6.07) is 17.3. The first-order valence-electron chi connectivity index (χ1n) is 9.38. The van der Waals surface area contributed by atoms with Crippen molar-refractivity contribution in [1.82, 2.24) is 4.90 Å². The molecular formula is C22H24N2O3. The van der Waals surface area contributed by atoms with Crippen LogP contribution in [0.25, 0.3) is 0 Å². The number of likely N-dealkylation sites (tertiary alicyclic amines) is 1. The van der Waals surface area contributed by atoms with E-state index < -0.39 is 0 Å². The molecule has 0 aromatic heterocycles. The molecule has 2 saturated heterocycles. The molecule has 5 heteroatoms. The minimum Gasteiger partial charge on any atom is -0.484 e. The van der Waals surface area contributed by atoms with Gasteiger partial charge in [0.25, 0.3) is 5.91 Å². The third-order valence-electron chi connectivity index (χ3n) is 5.62. The van der Waals surface area contributed by atoms with Crippen molar-refractivity contribution in [3.63, 3.8) is 0 Å². The number of para-hydroxylation sites is 2. The van der Waals surface area contributed by atoms with Gasteiger partial charge in [-0.3, -0.25) is 9.59 Å². The topological polar surface area (TPSA) is 49.9 Å². The second-order valence-corrected chi connectivity index (χ2v) is 7.61. The van der Waals surface area contributed by atoms with E-state index in [-0.39, 0.29) is 23.8 Å². The second kappa shape index (κ2) is 7.06. The lowest BCUT2D eigenvalue weighted by atomic mass is 9.86. The first-order chi connectivity index (χ1) is 13.1. The number of benzene rings is 2. The fraction of sp³-hybridized carbons (Fsp3) is 0.364. The number of amides is 2. The lowest BCUT2D eigenvalue weighted by Gasteiger charge is -2.25. The molecule has 2 aromatic carbocycles. The van der Waals surface area contributed by atoms with E-state index in [1.54, 1.807) is 0 Å². The quantitative estimate of drug-likeness (QED) is 0.838. The molecule has 1 spiro atoms. The fourth-order valence-electron chi connectivity index (χ4n) is 4.16. The van der Waals surface area contributed by atoms with E-state index in [1.165, 1.54) is 0 Å². The van der Waals surface area contributed by atoms with Gasteiger partial charge in [-0.05, 0) is 37.1 Å². The molecule has 2 aliphatic heterocycles. The SMILES string of the molecule is Cc1ccccc1N1CC2(CCN(C(=O)COc3ccccc3)C2)CC1=O. The summed E-state index contributed by atoms with van der Waals surface area (Å²) in [6.07, 6.45) is 1.36.